The molecule has 2 nitrogen and oxygen atoms in total. The van der Waals surface area contributed by atoms with E-state index in [4.69, 9.17) is 0 Å². The third kappa shape index (κ3) is 8.86. The second-order valence-electron chi connectivity index (χ2n) is 2.82. The lowest BCUT2D eigenvalue weighted by molar-refractivity contribution is -0.140. The number of esters is 1. The molecule has 0 spiro atoms. The van der Waals surface area contributed by atoms with E-state index in [0.717, 1.165) is 25.7 Å². The van der Waals surface area contributed by atoms with E-state index in [2.05, 4.69) is 23.5 Å². The van der Waals surface area contributed by atoms with Crippen LogP contribution >= 0.6 is 0 Å². The highest BCUT2D eigenvalue weighted by atomic mass is 16.5. The first-order valence-electron chi connectivity index (χ1n) is 4.64. The summed E-state index contributed by atoms with van der Waals surface area (Å²) in [6.07, 6.45) is 10.5. The number of ether oxygens (including phenoxy) is 1. The van der Waals surface area contributed by atoms with Crippen LogP contribution in [-0.4, -0.2) is 13.1 Å². The van der Waals surface area contributed by atoms with Gasteiger partial charge in [0.2, 0.25) is 0 Å². The van der Waals surface area contributed by atoms with Crippen molar-refractivity contribution in [2.24, 2.45) is 0 Å². The van der Waals surface area contributed by atoms with Crippen molar-refractivity contribution in [3.63, 3.8) is 0 Å². The minimum Gasteiger partial charge on any atom is -0.469 e. The highest BCUT2D eigenvalue weighted by Gasteiger charge is 1.97. The van der Waals surface area contributed by atoms with Crippen molar-refractivity contribution in [1.29, 1.82) is 0 Å². The molecule has 13 heavy (non-hydrogen) atoms. The maximum atomic E-state index is 10.7. The summed E-state index contributed by atoms with van der Waals surface area (Å²) >= 11 is 0. The average molecular weight is 182 g/mol. The molecule has 0 aliphatic heterocycles. The first kappa shape index (κ1) is 11.9. The van der Waals surface area contributed by atoms with Crippen LogP contribution in [-0.2, 0) is 9.53 Å². The molecule has 2 heteroatoms. The Morgan fingerprint density at radius 1 is 1.38 bits per heavy atom. The summed E-state index contributed by atoms with van der Waals surface area (Å²) in [6, 6.07) is 0. The van der Waals surface area contributed by atoms with Crippen molar-refractivity contribution in [3.05, 3.63) is 24.8 Å². The van der Waals surface area contributed by atoms with Crippen LogP contribution in [0.25, 0.3) is 0 Å². The third-order valence-corrected chi connectivity index (χ3v) is 1.70. The van der Waals surface area contributed by atoms with Gasteiger partial charge in [0.25, 0.3) is 0 Å². The predicted molar refractivity (Wildman–Crippen MR) is 54.4 cm³/mol. The minimum absolute atomic E-state index is 0.116. The van der Waals surface area contributed by atoms with Gasteiger partial charge >= 0.3 is 5.97 Å². The summed E-state index contributed by atoms with van der Waals surface area (Å²) in [4.78, 5) is 10.7. The minimum atomic E-state index is -0.116. The molecule has 0 aromatic rings. The number of hydrogen-bond donors (Lipinski definition) is 0. The average Bonchev–Trinajstić information content (AvgIpc) is 2.16. The maximum Gasteiger partial charge on any atom is 0.305 e. The molecule has 0 bridgehead atoms. The van der Waals surface area contributed by atoms with Gasteiger partial charge in [0.15, 0.2) is 0 Å². The zero-order chi connectivity index (χ0) is 9.94. The van der Waals surface area contributed by atoms with Gasteiger partial charge in [-0.05, 0) is 25.7 Å². The fourth-order valence-corrected chi connectivity index (χ4v) is 0.944. The number of methoxy groups -OCH3 is 1. The van der Waals surface area contributed by atoms with Crippen LogP contribution in [0.15, 0.2) is 24.8 Å². The number of rotatable bonds is 7. The monoisotopic (exact) mass is 182 g/mol. The van der Waals surface area contributed by atoms with Crippen molar-refractivity contribution in [1.82, 2.24) is 0 Å². The van der Waals surface area contributed by atoms with Gasteiger partial charge in [0.05, 0.1) is 7.11 Å². The van der Waals surface area contributed by atoms with Crippen molar-refractivity contribution >= 4 is 5.97 Å². The third-order valence-electron chi connectivity index (χ3n) is 1.70. The normalized spacial score (nSPS) is 10.2. The molecule has 0 fully saturated rings. The molecule has 0 atom stereocenters. The molecule has 0 amide bonds. The molecule has 0 saturated heterocycles. The molecule has 0 aromatic carbocycles. The fraction of sp³-hybridized carbons (Fsp3) is 0.545. The van der Waals surface area contributed by atoms with Gasteiger partial charge in [-0.1, -0.05) is 18.2 Å². The van der Waals surface area contributed by atoms with Crippen LogP contribution in [0.2, 0.25) is 0 Å². The van der Waals surface area contributed by atoms with E-state index in [1.807, 2.05) is 6.08 Å². The van der Waals surface area contributed by atoms with Gasteiger partial charge in [0, 0.05) is 6.42 Å². The van der Waals surface area contributed by atoms with Crippen LogP contribution < -0.4 is 0 Å². The van der Waals surface area contributed by atoms with Crippen molar-refractivity contribution in [3.8, 4) is 0 Å². The van der Waals surface area contributed by atoms with Gasteiger partial charge in [-0.25, -0.2) is 0 Å². The molecule has 0 saturated carbocycles. The van der Waals surface area contributed by atoms with Crippen LogP contribution in [0.4, 0.5) is 0 Å². The van der Waals surface area contributed by atoms with E-state index < -0.39 is 0 Å². The Balaban J connectivity index is 3.16. The smallest absolute Gasteiger partial charge is 0.305 e. The second kappa shape index (κ2) is 9.04. The molecule has 0 rings (SSSR count). The van der Waals surface area contributed by atoms with Gasteiger partial charge in [-0.15, -0.1) is 6.58 Å². The number of unbranched alkanes of at least 4 members (excludes halogenated alkanes) is 2. The zero-order valence-electron chi connectivity index (χ0n) is 8.29. The summed E-state index contributed by atoms with van der Waals surface area (Å²) in [5.41, 5.74) is 0. The number of hydrogen-bond acceptors (Lipinski definition) is 2. The summed E-state index contributed by atoms with van der Waals surface area (Å²) in [5, 5.41) is 0. The predicted octanol–water partition coefficient (Wildman–Crippen LogP) is 2.85. The first-order chi connectivity index (χ1) is 6.31. The van der Waals surface area contributed by atoms with Crippen LogP contribution in [0, 0.1) is 0 Å². The Bertz CT molecular complexity index is 171. The van der Waals surface area contributed by atoms with E-state index in [1.54, 1.807) is 0 Å². The highest BCUT2D eigenvalue weighted by molar-refractivity contribution is 5.68. The van der Waals surface area contributed by atoms with Crippen LogP contribution in [0.5, 0.6) is 0 Å². The zero-order valence-corrected chi connectivity index (χ0v) is 8.29. The van der Waals surface area contributed by atoms with Crippen molar-refractivity contribution < 1.29 is 9.53 Å². The SMILES string of the molecule is C=CC/C=C/CCCCC(=O)OC. The van der Waals surface area contributed by atoms with Crippen molar-refractivity contribution in [2.45, 2.75) is 32.1 Å². The number of carbonyl (C=O) groups is 1. The quantitative estimate of drug-likeness (QED) is 0.344. The highest BCUT2D eigenvalue weighted by Crippen LogP contribution is 2.02. The Hall–Kier alpha value is -1.05. The van der Waals surface area contributed by atoms with E-state index in [-0.39, 0.29) is 5.97 Å². The molecule has 0 heterocycles. The Morgan fingerprint density at radius 2 is 2.15 bits per heavy atom. The largest absolute Gasteiger partial charge is 0.469 e. The topological polar surface area (TPSA) is 26.3 Å². The van der Waals surface area contributed by atoms with Gasteiger partial charge < -0.3 is 4.74 Å². The summed E-state index contributed by atoms with van der Waals surface area (Å²) in [7, 11) is 1.42. The molecular weight excluding hydrogens is 164 g/mol. The van der Waals surface area contributed by atoms with Crippen LogP contribution in [0.3, 0.4) is 0 Å². The van der Waals surface area contributed by atoms with E-state index >= 15 is 0 Å². The van der Waals surface area contributed by atoms with E-state index in [1.165, 1.54) is 7.11 Å². The molecule has 0 unspecified atom stereocenters. The Labute approximate surface area is 80.3 Å². The molecule has 0 aliphatic carbocycles. The molecular formula is C11H18O2. The molecule has 0 N–H and O–H groups in total. The summed E-state index contributed by atoms with van der Waals surface area (Å²) in [5.74, 6) is -0.116. The standard InChI is InChI=1S/C11H18O2/c1-3-4-5-6-7-8-9-10-11(12)13-2/h3,5-6H,1,4,7-10H2,2H3/b6-5+. The molecule has 0 aromatic heterocycles. The number of carbonyl (C=O) groups excluding carboxylic acids is 1. The maximum absolute atomic E-state index is 10.7. The second-order valence-corrected chi connectivity index (χ2v) is 2.82. The Morgan fingerprint density at radius 3 is 2.77 bits per heavy atom. The lowest BCUT2D eigenvalue weighted by Gasteiger charge is -1.96. The number of allylic oxidation sites excluding steroid dienone is 3. The van der Waals surface area contributed by atoms with E-state index in [0.29, 0.717) is 6.42 Å². The lowest BCUT2D eigenvalue weighted by atomic mass is 10.2. The van der Waals surface area contributed by atoms with Crippen molar-refractivity contribution in [2.75, 3.05) is 7.11 Å². The molecule has 0 radical (unpaired) electrons. The van der Waals surface area contributed by atoms with E-state index in [9.17, 15) is 4.79 Å². The summed E-state index contributed by atoms with van der Waals surface area (Å²) in [6.45, 7) is 3.62. The first-order valence-corrected chi connectivity index (χ1v) is 4.64. The van der Waals surface area contributed by atoms with Crippen LogP contribution in [0.1, 0.15) is 32.1 Å². The fourth-order valence-electron chi connectivity index (χ4n) is 0.944. The van der Waals surface area contributed by atoms with Gasteiger partial charge in [-0.3, -0.25) is 4.79 Å². The van der Waals surface area contributed by atoms with Gasteiger partial charge in [0.1, 0.15) is 0 Å². The summed E-state index contributed by atoms with van der Waals surface area (Å²) < 4.78 is 4.53. The van der Waals surface area contributed by atoms with Gasteiger partial charge in [-0.2, -0.15) is 0 Å². The molecule has 74 valence electrons. The Kier molecular flexibility index (Phi) is 8.31. The lowest BCUT2D eigenvalue weighted by Crippen LogP contribution is -1.98. The molecule has 0 aliphatic rings.